The summed E-state index contributed by atoms with van der Waals surface area (Å²) in [6.07, 6.45) is 2.73. The smallest absolute Gasteiger partial charge is 0.117 e. The summed E-state index contributed by atoms with van der Waals surface area (Å²) in [6.45, 7) is 2.97. The molecule has 3 heteroatoms. The van der Waals surface area contributed by atoms with Gasteiger partial charge in [-0.1, -0.05) is 28.1 Å². The second-order valence-electron chi connectivity index (χ2n) is 4.19. The Morgan fingerprint density at radius 3 is 2.65 bits per heavy atom. The van der Waals surface area contributed by atoms with Crippen molar-refractivity contribution in [3.05, 3.63) is 58.5 Å². The van der Waals surface area contributed by atoms with Gasteiger partial charge in [-0.05, 0) is 43.2 Å². The number of hydrogen-bond acceptors (Lipinski definition) is 2. The zero-order chi connectivity index (χ0) is 12.1. The maximum absolute atomic E-state index is 5.28. The SMILES string of the molecule is CC(Cc1ccc(Br)cc1)NCc1ccco1. The van der Waals surface area contributed by atoms with E-state index in [1.165, 1.54) is 5.56 Å². The van der Waals surface area contributed by atoms with Gasteiger partial charge in [0.2, 0.25) is 0 Å². The highest BCUT2D eigenvalue weighted by molar-refractivity contribution is 9.10. The van der Waals surface area contributed by atoms with Gasteiger partial charge in [0.25, 0.3) is 0 Å². The van der Waals surface area contributed by atoms with Gasteiger partial charge >= 0.3 is 0 Å². The number of hydrogen-bond donors (Lipinski definition) is 1. The fraction of sp³-hybridized carbons (Fsp3) is 0.286. The van der Waals surface area contributed by atoms with E-state index in [0.29, 0.717) is 6.04 Å². The Labute approximate surface area is 110 Å². The highest BCUT2D eigenvalue weighted by Gasteiger charge is 2.04. The molecule has 0 aliphatic carbocycles. The molecule has 0 aliphatic heterocycles. The van der Waals surface area contributed by atoms with Crippen LogP contribution in [0.3, 0.4) is 0 Å². The van der Waals surface area contributed by atoms with Crippen molar-refractivity contribution >= 4 is 15.9 Å². The molecule has 17 heavy (non-hydrogen) atoms. The van der Waals surface area contributed by atoms with Crippen molar-refractivity contribution < 1.29 is 4.42 Å². The predicted molar refractivity (Wildman–Crippen MR) is 72.9 cm³/mol. The molecule has 0 saturated heterocycles. The largest absolute Gasteiger partial charge is 0.468 e. The Hall–Kier alpha value is -1.06. The molecule has 0 fully saturated rings. The lowest BCUT2D eigenvalue weighted by molar-refractivity contribution is 0.453. The Morgan fingerprint density at radius 2 is 2.00 bits per heavy atom. The average molecular weight is 294 g/mol. The van der Waals surface area contributed by atoms with Crippen molar-refractivity contribution in [1.29, 1.82) is 0 Å². The van der Waals surface area contributed by atoms with Crippen LogP contribution in [-0.4, -0.2) is 6.04 Å². The molecule has 0 saturated carbocycles. The van der Waals surface area contributed by atoms with Crippen molar-refractivity contribution in [2.75, 3.05) is 0 Å². The summed E-state index contributed by atoms with van der Waals surface area (Å²) in [5, 5.41) is 3.44. The highest BCUT2D eigenvalue weighted by atomic mass is 79.9. The summed E-state index contributed by atoms with van der Waals surface area (Å²) in [4.78, 5) is 0. The van der Waals surface area contributed by atoms with Crippen molar-refractivity contribution in [2.45, 2.75) is 25.9 Å². The second-order valence-corrected chi connectivity index (χ2v) is 5.11. The first kappa shape index (κ1) is 12.4. The summed E-state index contributed by atoms with van der Waals surface area (Å²) in [5.41, 5.74) is 1.34. The first-order valence-corrected chi connectivity index (χ1v) is 6.53. The summed E-state index contributed by atoms with van der Waals surface area (Å²) in [7, 11) is 0. The quantitative estimate of drug-likeness (QED) is 0.908. The Bertz CT molecular complexity index is 436. The molecule has 1 unspecified atom stereocenters. The van der Waals surface area contributed by atoms with E-state index in [4.69, 9.17) is 4.42 Å². The van der Waals surface area contributed by atoms with Gasteiger partial charge in [0, 0.05) is 10.5 Å². The fourth-order valence-corrected chi connectivity index (χ4v) is 2.00. The normalized spacial score (nSPS) is 12.6. The van der Waals surface area contributed by atoms with E-state index >= 15 is 0 Å². The van der Waals surface area contributed by atoms with Crippen molar-refractivity contribution in [3.8, 4) is 0 Å². The van der Waals surface area contributed by atoms with Gasteiger partial charge < -0.3 is 9.73 Å². The van der Waals surface area contributed by atoms with Gasteiger partial charge in [-0.2, -0.15) is 0 Å². The predicted octanol–water partition coefficient (Wildman–Crippen LogP) is 3.76. The van der Waals surface area contributed by atoms with Crippen LogP contribution >= 0.6 is 15.9 Å². The van der Waals surface area contributed by atoms with Crippen LogP contribution in [0.15, 0.2) is 51.6 Å². The Kier molecular flexibility index (Phi) is 4.40. The summed E-state index contributed by atoms with van der Waals surface area (Å²) in [6, 6.07) is 12.8. The van der Waals surface area contributed by atoms with E-state index in [2.05, 4.69) is 52.4 Å². The molecule has 2 nitrogen and oxygen atoms in total. The third-order valence-corrected chi connectivity index (χ3v) is 3.19. The third kappa shape index (κ3) is 4.02. The lowest BCUT2D eigenvalue weighted by atomic mass is 10.1. The standard InChI is InChI=1S/C14H16BrNO/c1-11(16-10-14-3-2-8-17-14)9-12-4-6-13(15)7-5-12/h2-8,11,16H,9-10H2,1H3. The van der Waals surface area contributed by atoms with E-state index in [9.17, 15) is 0 Å². The topological polar surface area (TPSA) is 25.2 Å². The summed E-state index contributed by atoms with van der Waals surface area (Å²) >= 11 is 3.44. The minimum Gasteiger partial charge on any atom is -0.468 e. The lowest BCUT2D eigenvalue weighted by Gasteiger charge is -2.12. The minimum atomic E-state index is 0.432. The van der Waals surface area contributed by atoms with Crippen LogP contribution in [0.1, 0.15) is 18.2 Å². The third-order valence-electron chi connectivity index (χ3n) is 2.66. The zero-order valence-corrected chi connectivity index (χ0v) is 11.4. The van der Waals surface area contributed by atoms with Crippen LogP contribution in [0.5, 0.6) is 0 Å². The molecule has 1 heterocycles. The maximum Gasteiger partial charge on any atom is 0.117 e. The van der Waals surface area contributed by atoms with E-state index in [0.717, 1.165) is 23.2 Å². The van der Waals surface area contributed by atoms with E-state index < -0.39 is 0 Å². The molecule has 1 N–H and O–H groups in total. The van der Waals surface area contributed by atoms with Gasteiger partial charge in [0.05, 0.1) is 12.8 Å². The molecule has 1 aromatic carbocycles. The van der Waals surface area contributed by atoms with Crippen molar-refractivity contribution in [1.82, 2.24) is 5.32 Å². The van der Waals surface area contributed by atoms with Gasteiger partial charge in [-0.3, -0.25) is 0 Å². The number of furan rings is 1. The summed E-state index contributed by atoms with van der Waals surface area (Å²) < 4.78 is 6.40. The van der Waals surface area contributed by atoms with Crippen molar-refractivity contribution in [3.63, 3.8) is 0 Å². The Morgan fingerprint density at radius 1 is 1.24 bits per heavy atom. The molecular formula is C14H16BrNO. The molecule has 0 aliphatic rings. The van der Waals surface area contributed by atoms with E-state index in [1.807, 2.05) is 12.1 Å². The number of benzene rings is 1. The molecule has 0 bridgehead atoms. The zero-order valence-electron chi connectivity index (χ0n) is 9.82. The maximum atomic E-state index is 5.28. The van der Waals surface area contributed by atoms with Crippen molar-refractivity contribution in [2.24, 2.45) is 0 Å². The molecule has 1 aromatic heterocycles. The molecule has 1 atom stereocenters. The second kappa shape index (κ2) is 6.03. The minimum absolute atomic E-state index is 0.432. The van der Waals surface area contributed by atoms with Gasteiger partial charge in [0.1, 0.15) is 5.76 Å². The summed E-state index contributed by atoms with van der Waals surface area (Å²) in [5.74, 6) is 0.979. The molecule has 90 valence electrons. The number of nitrogens with one attached hydrogen (secondary N) is 1. The molecule has 2 aromatic rings. The van der Waals surface area contributed by atoms with Crippen LogP contribution < -0.4 is 5.32 Å². The van der Waals surface area contributed by atoms with Gasteiger partial charge in [-0.25, -0.2) is 0 Å². The van der Waals surface area contributed by atoms with Crippen LogP contribution in [0.2, 0.25) is 0 Å². The first-order chi connectivity index (χ1) is 8.24. The molecular weight excluding hydrogens is 278 g/mol. The van der Waals surface area contributed by atoms with Crippen LogP contribution in [0.4, 0.5) is 0 Å². The fourth-order valence-electron chi connectivity index (χ4n) is 1.73. The van der Waals surface area contributed by atoms with Crippen LogP contribution in [0, 0.1) is 0 Å². The van der Waals surface area contributed by atoms with Crippen LogP contribution in [0.25, 0.3) is 0 Å². The number of rotatable bonds is 5. The van der Waals surface area contributed by atoms with Gasteiger partial charge in [-0.15, -0.1) is 0 Å². The highest BCUT2D eigenvalue weighted by Crippen LogP contribution is 2.12. The lowest BCUT2D eigenvalue weighted by Crippen LogP contribution is -2.27. The number of halogens is 1. The molecule has 0 amide bonds. The van der Waals surface area contributed by atoms with Gasteiger partial charge in [0.15, 0.2) is 0 Å². The molecule has 2 rings (SSSR count). The van der Waals surface area contributed by atoms with E-state index in [-0.39, 0.29) is 0 Å². The average Bonchev–Trinajstić information content (AvgIpc) is 2.83. The first-order valence-electron chi connectivity index (χ1n) is 5.74. The van der Waals surface area contributed by atoms with Crippen LogP contribution in [-0.2, 0) is 13.0 Å². The monoisotopic (exact) mass is 293 g/mol. The Balaban J connectivity index is 1.80. The molecule has 0 radical (unpaired) electrons. The molecule has 0 spiro atoms. The van der Waals surface area contributed by atoms with E-state index in [1.54, 1.807) is 6.26 Å².